The molecule has 1 nitrogen and oxygen atoms in total. The number of benzene rings is 2. The van der Waals surface area contributed by atoms with E-state index in [1.165, 1.54) is 0 Å². The number of aryl methyl sites for hydroxylation is 1. The van der Waals surface area contributed by atoms with E-state index in [1.54, 1.807) is 0 Å². The molecule has 0 aliphatic rings. The monoisotopic (exact) mass is 280 g/mol. The third-order valence-corrected chi connectivity index (χ3v) is 2.86. The SMILES string of the molecule is Cl.O=C(CCc1cccc(Cl)c1)c1ccccc1. The highest BCUT2D eigenvalue weighted by Gasteiger charge is 2.05. The molecule has 0 saturated carbocycles. The van der Waals surface area contributed by atoms with Crippen LogP contribution < -0.4 is 0 Å². The molecule has 0 amide bonds. The molecule has 0 radical (unpaired) electrons. The number of halogens is 2. The van der Waals surface area contributed by atoms with Gasteiger partial charge in [0.15, 0.2) is 5.78 Å². The van der Waals surface area contributed by atoms with E-state index in [2.05, 4.69) is 0 Å². The summed E-state index contributed by atoms with van der Waals surface area (Å²) in [5, 5.41) is 0.717. The average molecular weight is 281 g/mol. The van der Waals surface area contributed by atoms with Crippen molar-refractivity contribution < 1.29 is 4.79 Å². The largest absolute Gasteiger partial charge is 0.294 e. The van der Waals surface area contributed by atoms with E-state index in [0.29, 0.717) is 6.42 Å². The van der Waals surface area contributed by atoms with Gasteiger partial charge < -0.3 is 0 Å². The smallest absolute Gasteiger partial charge is 0.163 e. The van der Waals surface area contributed by atoms with Crippen LogP contribution in [-0.2, 0) is 6.42 Å². The van der Waals surface area contributed by atoms with E-state index in [4.69, 9.17) is 11.6 Å². The molecule has 0 bridgehead atoms. The van der Waals surface area contributed by atoms with Gasteiger partial charge in [-0.1, -0.05) is 54.1 Å². The predicted octanol–water partition coefficient (Wildman–Crippen LogP) is 4.58. The Kier molecular flexibility index (Phi) is 5.90. The van der Waals surface area contributed by atoms with Crippen molar-refractivity contribution in [2.24, 2.45) is 0 Å². The number of carbonyl (C=O) groups is 1. The summed E-state index contributed by atoms with van der Waals surface area (Å²) in [6.07, 6.45) is 1.25. The zero-order valence-corrected chi connectivity index (χ0v) is 11.4. The van der Waals surface area contributed by atoms with Gasteiger partial charge in [0, 0.05) is 17.0 Å². The molecule has 0 saturated heterocycles. The molecule has 0 unspecified atom stereocenters. The summed E-state index contributed by atoms with van der Waals surface area (Å²) in [5.74, 6) is 0.172. The van der Waals surface area contributed by atoms with Crippen LogP contribution in [0.3, 0.4) is 0 Å². The maximum Gasteiger partial charge on any atom is 0.163 e. The molecule has 18 heavy (non-hydrogen) atoms. The third kappa shape index (κ3) is 4.17. The summed E-state index contributed by atoms with van der Waals surface area (Å²) in [5.41, 5.74) is 1.87. The number of rotatable bonds is 4. The van der Waals surface area contributed by atoms with Crippen molar-refractivity contribution in [3.63, 3.8) is 0 Å². The maximum absolute atomic E-state index is 11.9. The highest BCUT2D eigenvalue weighted by atomic mass is 35.5. The zero-order valence-electron chi connectivity index (χ0n) is 9.80. The molecule has 0 spiro atoms. The molecule has 0 atom stereocenters. The van der Waals surface area contributed by atoms with Crippen LogP contribution in [0, 0.1) is 0 Å². The van der Waals surface area contributed by atoms with Gasteiger partial charge in [0.25, 0.3) is 0 Å². The first-order valence-corrected chi connectivity index (χ1v) is 5.96. The Hall–Kier alpha value is -1.31. The van der Waals surface area contributed by atoms with E-state index in [9.17, 15) is 4.79 Å². The molecular formula is C15H14Cl2O. The first kappa shape index (κ1) is 14.7. The number of carbonyl (C=O) groups excluding carboxylic acids is 1. The summed E-state index contributed by atoms with van der Waals surface area (Å²) in [6, 6.07) is 17.0. The van der Waals surface area contributed by atoms with Crippen molar-refractivity contribution in [3.8, 4) is 0 Å². The summed E-state index contributed by atoms with van der Waals surface area (Å²) in [7, 11) is 0. The van der Waals surface area contributed by atoms with Gasteiger partial charge in [-0.3, -0.25) is 4.79 Å². The Balaban J connectivity index is 0.00000162. The van der Waals surface area contributed by atoms with Crippen LogP contribution in [0.4, 0.5) is 0 Å². The molecular weight excluding hydrogens is 267 g/mol. The van der Waals surface area contributed by atoms with Gasteiger partial charge in [-0.05, 0) is 24.1 Å². The predicted molar refractivity (Wildman–Crippen MR) is 77.8 cm³/mol. The van der Waals surface area contributed by atoms with Crippen LogP contribution in [0.5, 0.6) is 0 Å². The lowest BCUT2D eigenvalue weighted by Crippen LogP contribution is -2.00. The minimum absolute atomic E-state index is 0. The maximum atomic E-state index is 11.9. The number of Topliss-reactive ketones (excluding diaryl/α,β-unsaturated/α-hetero) is 1. The van der Waals surface area contributed by atoms with Gasteiger partial charge in [0.05, 0.1) is 0 Å². The summed E-state index contributed by atoms with van der Waals surface area (Å²) in [6.45, 7) is 0. The van der Waals surface area contributed by atoms with E-state index in [1.807, 2.05) is 54.6 Å². The van der Waals surface area contributed by atoms with Crippen LogP contribution in [-0.4, -0.2) is 5.78 Å². The van der Waals surface area contributed by atoms with Gasteiger partial charge in [0.1, 0.15) is 0 Å². The molecule has 2 aromatic rings. The van der Waals surface area contributed by atoms with Crippen LogP contribution in [0.15, 0.2) is 54.6 Å². The van der Waals surface area contributed by atoms with Gasteiger partial charge in [-0.2, -0.15) is 0 Å². The molecule has 2 rings (SSSR count). The quantitative estimate of drug-likeness (QED) is 0.750. The average Bonchev–Trinajstić information content (AvgIpc) is 2.37. The van der Waals surface area contributed by atoms with Crippen LogP contribution >= 0.6 is 24.0 Å². The normalized spacial score (nSPS) is 9.61. The topological polar surface area (TPSA) is 17.1 Å². The number of hydrogen-bond acceptors (Lipinski definition) is 1. The van der Waals surface area contributed by atoms with Gasteiger partial charge >= 0.3 is 0 Å². The highest BCUT2D eigenvalue weighted by molar-refractivity contribution is 6.30. The van der Waals surface area contributed by atoms with Crippen molar-refractivity contribution in [2.75, 3.05) is 0 Å². The molecule has 0 aromatic heterocycles. The number of ketones is 1. The Morgan fingerprint density at radius 2 is 1.72 bits per heavy atom. The van der Waals surface area contributed by atoms with Crippen molar-refractivity contribution in [1.29, 1.82) is 0 Å². The molecule has 0 N–H and O–H groups in total. The lowest BCUT2D eigenvalue weighted by Gasteiger charge is -2.02. The lowest BCUT2D eigenvalue weighted by molar-refractivity contribution is 0.0983. The minimum atomic E-state index is 0. The Labute approximate surface area is 118 Å². The van der Waals surface area contributed by atoms with E-state index >= 15 is 0 Å². The van der Waals surface area contributed by atoms with E-state index in [-0.39, 0.29) is 18.2 Å². The Morgan fingerprint density at radius 3 is 2.39 bits per heavy atom. The van der Waals surface area contributed by atoms with Gasteiger partial charge in [-0.15, -0.1) is 12.4 Å². The van der Waals surface area contributed by atoms with Crippen LogP contribution in [0.25, 0.3) is 0 Å². The number of hydrogen-bond donors (Lipinski definition) is 0. The van der Waals surface area contributed by atoms with Gasteiger partial charge in [0.2, 0.25) is 0 Å². The fourth-order valence-corrected chi connectivity index (χ4v) is 1.93. The molecule has 0 aliphatic carbocycles. The Morgan fingerprint density at radius 1 is 1.00 bits per heavy atom. The van der Waals surface area contributed by atoms with Crippen molar-refractivity contribution >= 4 is 29.8 Å². The van der Waals surface area contributed by atoms with Crippen molar-refractivity contribution in [3.05, 3.63) is 70.7 Å². The van der Waals surface area contributed by atoms with Crippen LogP contribution in [0.2, 0.25) is 5.02 Å². The lowest BCUT2D eigenvalue weighted by atomic mass is 10.0. The molecule has 2 aromatic carbocycles. The molecule has 3 heteroatoms. The zero-order chi connectivity index (χ0) is 12.1. The first-order chi connectivity index (χ1) is 8.25. The molecule has 0 aliphatic heterocycles. The summed E-state index contributed by atoms with van der Waals surface area (Å²) in [4.78, 5) is 11.9. The first-order valence-electron chi connectivity index (χ1n) is 5.58. The van der Waals surface area contributed by atoms with Crippen LogP contribution in [0.1, 0.15) is 22.3 Å². The second-order valence-electron chi connectivity index (χ2n) is 3.92. The highest BCUT2D eigenvalue weighted by Crippen LogP contribution is 2.13. The second kappa shape index (κ2) is 7.20. The minimum Gasteiger partial charge on any atom is -0.294 e. The fourth-order valence-electron chi connectivity index (χ4n) is 1.72. The van der Waals surface area contributed by atoms with Crippen molar-refractivity contribution in [2.45, 2.75) is 12.8 Å². The molecule has 0 fully saturated rings. The second-order valence-corrected chi connectivity index (χ2v) is 4.36. The van der Waals surface area contributed by atoms with Crippen molar-refractivity contribution in [1.82, 2.24) is 0 Å². The van der Waals surface area contributed by atoms with E-state index < -0.39 is 0 Å². The fraction of sp³-hybridized carbons (Fsp3) is 0.133. The van der Waals surface area contributed by atoms with Gasteiger partial charge in [-0.25, -0.2) is 0 Å². The summed E-state index contributed by atoms with van der Waals surface area (Å²) >= 11 is 5.89. The molecule has 0 heterocycles. The standard InChI is InChI=1S/C15H13ClO.ClH/c16-14-8-4-5-12(11-14)9-10-15(17)13-6-2-1-3-7-13;/h1-8,11H,9-10H2;1H. The Bertz CT molecular complexity index is 509. The summed E-state index contributed by atoms with van der Waals surface area (Å²) < 4.78 is 0. The molecule has 94 valence electrons. The third-order valence-electron chi connectivity index (χ3n) is 2.63. The van der Waals surface area contributed by atoms with E-state index in [0.717, 1.165) is 22.6 Å².